The number of carboxylic acids is 1. The largest absolute Gasteiger partial charge is 0.492 e. The number of hydrogen-bond acceptors (Lipinski definition) is 5. The number of benzene rings is 2. The van der Waals surface area contributed by atoms with E-state index in [0.717, 1.165) is 0 Å². The van der Waals surface area contributed by atoms with Crippen LogP contribution < -0.4 is 16.5 Å². The van der Waals surface area contributed by atoms with Gasteiger partial charge in [0.15, 0.2) is 0 Å². The van der Waals surface area contributed by atoms with Gasteiger partial charge in [0, 0.05) is 5.56 Å². The third-order valence-electron chi connectivity index (χ3n) is 4.31. The lowest BCUT2D eigenvalue weighted by atomic mass is 9.78. The van der Waals surface area contributed by atoms with Crippen molar-refractivity contribution in [3.05, 3.63) is 65.2 Å². The highest BCUT2D eigenvalue weighted by Gasteiger charge is 2.36. The molecular weight excluding hydrogens is 351 g/mol. The van der Waals surface area contributed by atoms with Gasteiger partial charge in [0.2, 0.25) is 5.91 Å². The van der Waals surface area contributed by atoms with Crippen molar-refractivity contribution in [2.24, 2.45) is 5.73 Å². The van der Waals surface area contributed by atoms with Gasteiger partial charge in [-0.15, -0.1) is 0 Å². The van der Waals surface area contributed by atoms with E-state index >= 15 is 0 Å². The third-order valence-corrected chi connectivity index (χ3v) is 4.31. The Balaban J connectivity index is 1.82. The maximum absolute atomic E-state index is 12.6. The van der Waals surface area contributed by atoms with Gasteiger partial charge in [-0.2, -0.15) is 0 Å². The summed E-state index contributed by atoms with van der Waals surface area (Å²) < 4.78 is 5.23. The van der Waals surface area contributed by atoms with Gasteiger partial charge in [-0.3, -0.25) is 14.4 Å². The van der Waals surface area contributed by atoms with Gasteiger partial charge in [0.1, 0.15) is 6.04 Å². The molecule has 2 aromatic carbocycles. The topological polar surface area (TPSA) is 139 Å². The maximum atomic E-state index is 12.6. The molecule has 0 fully saturated rings. The summed E-state index contributed by atoms with van der Waals surface area (Å²) in [5.41, 5.74) is 6.97. The highest BCUT2D eigenvalue weighted by atomic mass is 16.5. The first-order valence-electron chi connectivity index (χ1n) is 8.21. The molecule has 1 aliphatic rings. The minimum atomic E-state index is -1.32. The van der Waals surface area contributed by atoms with Crippen molar-refractivity contribution in [2.45, 2.75) is 18.6 Å². The molecule has 8 nitrogen and oxygen atoms in total. The maximum Gasteiger partial charge on any atom is 0.492 e. The second kappa shape index (κ2) is 7.61. The third kappa shape index (κ3) is 3.99. The Hall–Kier alpha value is -3.17. The summed E-state index contributed by atoms with van der Waals surface area (Å²) >= 11 is 0. The quantitative estimate of drug-likeness (QED) is 0.524. The zero-order valence-electron chi connectivity index (χ0n) is 14.2. The average Bonchev–Trinajstić information content (AvgIpc) is 2.94. The van der Waals surface area contributed by atoms with Crippen molar-refractivity contribution >= 4 is 30.4 Å². The summed E-state index contributed by atoms with van der Waals surface area (Å²) in [5.74, 6) is -2.33. The fourth-order valence-electron chi connectivity index (χ4n) is 3.02. The SMILES string of the molecule is NC(=O)[C@H](NC(=O)c1ccc2c(c1)B(O)O[C@H]2CC(=O)O)c1ccccc1. The molecule has 3 rings (SSSR count). The molecule has 2 aromatic rings. The summed E-state index contributed by atoms with van der Waals surface area (Å²) in [4.78, 5) is 35.2. The van der Waals surface area contributed by atoms with Crippen LogP contribution >= 0.6 is 0 Å². The number of carbonyl (C=O) groups excluding carboxylic acids is 2. The number of rotatable bonds is 6. The zero-order valence-corrected chi connectivity index (χ0v) is 14.2. The van der Waals surface area contributed by atoms with E-state index in [2.05, 4.69) is 5.32 Å². The minimum Gasteiger partial charge on any atom is -0.481 e. The van der Waals surface area contributed by atoms with Crippen LogP contribution in [0.25, 0.3) is 0 Å². The van der Waals surface area contributed by atoms with Gasteiger partial charge in [0.05, 0.1) is 12.5 Å². The lowest BCUT2D eigenvalue weighted by Crippen LogP contribution is -2.38. The molecule has 9 heteroatoms. The molecular formula is C18H17BN2O6. The Bertz CT molecular complexity index is 889. The van der Waals surface area contributed by atoms with Crippen LogP contribution in [0.15, 0.2) is 48.5 Å². The second-order valence-electron chi connectivity index (χ2n) is 6.14. The van der Waals surface area contributed by atoms with Crippen molar-refractivity contribution in [1.82, 2.24) is 5.32 Å². The van der Waals surface area contributed by atoms with E-state index in [0.29, 0.717) is 16.6 Å². The number of amides is 2. The first-order valence-corrected chi connectivity index (χ1v) is 8.21. The molecule has 1 aliphatic heterocycles. The van der Waals surface area contributed by atoms with Crippen LogP contribution in [-0.2, 0) is 14.2 Å². The number of fused-ring (bicyclic) bond motifs is 1. The molecule has 5 N–H and O–H groups in total. The molecule has 0 spiro atoms. The summed E-state index contributed by atoms with van der Waals surface area (Å²) in [5, 5.41) is 21.5. The molecule has 138 valence electrons. The van der Waals surface area contributed by atoms with Gasteiger partial charge in [-0.1, -0.05) is 36.4 Å². The van der Waals surface area contributed by atoms with E-state index in [4.69, 9.17) is 15.5 Å². The molecule has 0 bridgehead atoms. The first-order chi connectivity index (χ1) is 12.9. The fourth-order valence-corrected chi connectivity index (χ4v) is 3.02. The summed E-state index contributed by atoms with van der Waals surface area (Å²) in [6, 6.07) is 12.0. The first kappa shape index (κ1) is 18.6. The number of nitrogens with one attached hydrogen (secondary N) is 1. The normalized spacial score (nSPS) is 16.5. The summed E-state index contributed by atoms with van der Waals surface area (Å²) in [6.45, 7) is 0. The number of aliphatic carboxylic acids is 1. The Morgan fingerprint density at radius 2 is 1.89 bits per heavy atom. The molecule has 0 unspecified atom stereocenters. The van der Waals surface area contributed by atoms with E-state index < -0.39 is 37.0 Å². The summed E-state index contributed by atoms with van der Waals surface area (Å²) in [7, 11) is -1.32. The van der Waals surface area contributed by atoms with E-state index in [9.17, 15) is 19.4 Å². The molecule has 0 aromatic heterocycles. The van der Waals surface area contributed by atoms with Gasteiger partial charge < -0.3 is 25.8 Å². The van der Waals surface area contributed by atoms with Crippen molar-refractivity contribution in [3.8, 4) is 0 Å². The van der Waals surface area contributed by atoms with Crippen LogP contribution in [0.4, 0.5) is 0 Å². The predicted octanol–water partition coefficient (Wildman–Crippen LogP) is -0.123. The number of carboxylic acid groups (broad SMARTS) is 1. The Labute approximate surface area is 155 Å². The Kier molecular flexibility index (Phi) is 5.25. The lowest BCUT2D eigenvalue weighted by molar-refractivity contribution is -0.138. The van der Waals surface area contributed by atoms with Gasteiger partial charge in [-0.05, 0) is 28.7 Å². The highest BCUT2D eigenvalue weighted by molar-refractivity contribution is 6.62. The number of nitrogens with two attached hydrogens (primary N) is 1. The second-order valence-corrected chi connectivity index (χ2v) is 6.14. The standard InChI is InChI=1S/C18H17BN2O6/c20-17(24)16(10-4-2-1-3-5-10)21-18(25)11-6-7-12-13(8-11)19(26)27-14(12)9-15(22)23/h1-8,14,16,26H,9H2,(H2,20,24)(H,21,25)(H,22,23)/t14-,16+/m0/s1. The van der Waals surface area contributed by atoms with Crippen LogP contribution in [0.5, 0.6) is 0 Å². The van der Waals surface area contributed by atoms with Crippen molar-refractivity contribution in [3.63, 3.8) is 0 Å². The van der Waals surface area contributed by atoms with Crippen LogP contribution in [0, 0.1) is 0 Å². The van der Waals surface area contributed by atoms with E-state index in [1.54, 1.807) is 30.3 Å². The Morgan fingerprint density at radius 3 is 2.52 bits per heavy atom. The molecule has 0 saturated heterocycles. The fraction of sp³-hybridized carbons (Fsp3) is 0.167. The van der Waals surface area contributed by atoms with Gasteiger partial charge in [-0.25, -0.2) is 0 Å². The van der Waals surface area contributed by atoms with Crippen molar-refractivity contribution in [1.29, 1.82) is 0 Å². The molecule has 0 saturated carbocycles. The minimum absolute atomic E-state index is 0.189. The van der Waals surface area contributed by atoms with Crippen molar-refractivity contribution in [2.75, 3.05) is 0 Å². The van der Waals surface area contributed by atoms with Crippen LogP contribution in [0.2, 0.25) is 0 Å². The summed E-state index contributed by atoms with van der Waals surface area (Å²) in [6.07, 6.45) is -1.08. The zero-order chi connectivity index (χ0) is 19.6. The van der Waals surface area contributed by atoms with Crippen molar-refractivity contribution < 1.29 is 29.2 Å². The highest BCUT2D eigenvalue weighted by Crippen LogP contribution is 2.27. The van der Waals surface area contributed by atoms with E-state index in [-0.39, 0.29) is 12.0 Å². The van der Waals surface area contributed by atoms with Crippen LogP contribution in [-0.4, -0.2) is 35.0 Å². The molecule has 2 amide bonds. The lowest BCUT2D eigenvalue weighted by Gasteiger charge is -2.16. The molecule has 2 atom stereocenters. The van der Waals surface area contributed by atoms with E-state index in [1.165, 1.54) is 18.2 Å². The number of hydrogen-bond donors (Lipinski definition) is 4. The average molecular weight is 368 g/mol. The molecule has 1 heterocycles. The number of carbonyl (C=O) groups is 3. The van der Waals surface area contributed by atoms with Crippen LogP contribution in [0.1, 0.15) is 40.1 Å². The van der Waals surface area contributed by atoms with Gasteiger partial charge in [0.25, 0.3) is 5.91 Å². The molecule has 0 radical (unpaired) electrons. The smallest absolute Gasteiger partial charge is 0.481 e. The van der Waals surface area contributed by atoms with E-state index in [1.807, 2.05) is 0 Å². The Morgan fingerprint density at radius 1 is 1.19 bits per heavy atom. The van der Waals surface area contributed by atoms with Crippen LogP contribution in [0.3, 0.4) is 0 Å². The monoisotopic (exact) mass is 368 g/mol. The molecule has 27 heavy (non-hydrogen) atoms. The molecule has 0 aliphatic carbocycles. The number of primary amides is 1. The predicted molar refractivity (Wildman–Crippen MR) is 96.0 cm³/mol. The van der Waals surface area contributed by atoms with Gasteiger partial charge >= 0.3 is 13.1 Å².